The largest absolute Gasteiger partial charge is 0.494 e. The summed E-state index contributed by atoms with van der Waals surface area (Å²) in [5, 5.41) is 6.92. The fourth-order valence-electron chi connectivity index (χ4n) is 4.63. The SMILES string of the molecule is CCCOc1ccc(/C=N/N2CCN(C3c4ccccc4-c4ccccc43)CC2)cc1. The molecule has 0 spiro atoms. The highest BCUT2D eigenvalue weighted by atomic mass is 16.5. The molecule has 0 bridgehead atoms. The summed E-state index contributed by atoms with van der Waals surface area (Å²) in [5.74, 6) is 0.921. The van der Waals surface area contributed by atoms with E-state index in [9.17, 15) is 0 Å². The predicted molar refractivity (Wildman–Crippen MR) is 127 cm³/mol. The van der Waals surface area contributed by atoms with Gasteiger partial charge in [0, 0.05) is 26.2 Å². The Morgan fingerprint density at radius 3 is 2.06 bits per heavy atom. The Morgan fingerprint density at radius 1 is 0.839 bits per heavy atom. The monoisotopic (exact) mass is 411 g/mol. The van der Waals surface area contributed by atoms with Crippen LogP contribution in [0.5, 0.6) is 5.75 Å². The lowest BCUT2D eigenvalue weighted by molar-refractivity contribution is 0.114. The summed E-state index contributed by atoms with van der Waals surface area (Å²) in [4.78, 5) is 2.61. The summed E-state index contributed by atoms with van der Waals surface area (Å²) in [6.07, 6.45) is 2.98. The lowest BCUT2D eigenvalue weighted by Crippen LogP contribution is -2.45. The third kappa shape index (κ3) is 4.08. The number of benzene rings is 3. The molecule has 158 valence electrons. The highest BCUT2D eigenvalue weighted by Crippen LogP contribution is 2.46. The molecule has 4 nitrogen and oxygen atoms in total. The van der Waals surface area contributed by atoms with Crippen LogP contribution in [0.15, 0.2) is 77.9 Å². The Labute approximate surface area is 184 Å². The summed E-state index contributed by atoms with van der Waals surface area (Å²) in [7, 11) is 0. The van der Waals surface area contributed by atoms with Crippen molar-refractivity contribution in [3.63, 3.8) is 0 Å². The topological polar surface area (TPSA) is 28.1 Å². The molecule has 0 aromatic heterocycles. The lowest BCUT2D eigenvalue weighted by Gasteiger charge is -2.37. The van der Waals surface area contributed by atoms with Gasteiger partial charge in [-0.1, -0.05) is 55.5 Å². The molecule has 1 saturated heterocycles. The van der Waals surface area contributed by atoms with Gasteiger partial charge in [0.25, 0.3) is 0 Å². The van der Waals surface area contributed by atoms with Crippen LogP contribution in [0.25, 0.3) is 11.1 Å². The van der Waals surface area contributed by atoms with E-state index in [1.807, 2.05) is 18.3 Å². The third-order valence-corrected chi connectivity index (χ3v) is 6.18. The minimum atomic E-state index is 0.356. The van der Waals surface area contributed by atoms with E-state index in [1.54, 1.807) is 0 Å². The number of ether oxygens (including phenoxy) is 1. The average Bonchev–Trinajstić information content (AvgIpc) is 3.17. The lowest BCUT2D eigenvalue weighted by atomic mass is 10.0. The summed E-state index contributed by atoms with van der Waals surface area (Å²) in [5.41, 5.74) is 6.74. The van der Waals surface area contributed by atoms with Crippen LogP contribution in [-0.4, -0.2) is 48.9 Å². The number of hydrogen-bond donors (Lipinski definition) is 0. The predicted octanol–water partition coefficient (Wildman–Crippen LogP) is 5.20. The first-order valence-electron chi connectivity index (χ1n) is 11.3. The second kappa shape index (κ2) is 8.94. The van der Waals surface area contributed by atoms with Crippen LogP contribution < -0.4 is 4.74 Å². The van der Waals surface area contributed by atoms with Crippen molar-refractivity contribution in [1.29, 1.82) is 0 Å². The van der Waals surface area contributed by atoms with Crippen LogP contribution in [0.4, 0.5) is 0 Å². The molecule has 1 fully saturated rings. The zero-order valence-corrected chi connectivity index (χ0v) is 18.1. The van der Waals surface area contributed by atoms with Gasteiger partial charge in [-0.3, -0.25) is 9.91 Å². The van der Waals surface area contributed by atoms with Crippen molar-refractivity contribution in [2.45, 2.75) is 19.4 Å². The Bertz CT molecular complexity index is 1010. The van der Waals surface area contributed by atoms with E-state index in [2.05, 4.69) is 77.5 Å². The number of rotatable bonds is 6. The minimum absolute atomic E-state index is 0.356. The van der Waals surface area contributed by atoms with E-state index in [0.29, 0.717) is 6.04 Å². The van der Waals surface area contributed by atoms with Crippen LogP contribution in [0, 0.1) is 0 Å². The molecule has 0 amide bonds. The Balaban J connectivity index is 1.23. The number of fused-ring (bicyclic) bond motifs is 3. The van der Waals surface area contributed by atoms with E-state index in [-0.39, 0.29) is 0 Å². The molecular formula is C27H29N3O. The maximum Gasteiger partial charge on any atom is 0.119 e. The van der Waals surface area contributed by atoms with Gasteiger partial charge in [-0.15, -0.1) is 0 Å². The van der Waals surface area contributed by atoms with Crippen molar-refractivity contribution in [3.8, 4) is 16.9 Å². The zero-order valence-electron chi connectivity index (χ0n) is 18.1. The second-order valence-electron chi connectivity index (χ2n) is 8.23. The van der Waals surface area contributed by atoms with Gasteiger partial charge in [-0.05, 0) is 58.5 Å². The van der Waals surface area contributed by atoms with Gasteiger partial charge in [0.1, 0.15) is 5.75 Å². The first kappa shape index (κ1) is 19.8. The molecule has 5 rings (SSSR count). The molecule has 2 aliphatic rings. The second-order valence-corrected chi connectivity index (χ2v) is 8.23. The van der Waals surface area contributed by atoms with Crippen LogP contribution in [-0.2, 0) is 0 Å². The van der Waals surface area contributed by atoms with Gasteiger partial charge in [-0.25, -0.2) is 0 Å². The summed E-state index contributed by atoms with van der Waals surface area (Å²) in [6, 6.07) is 26.2. The number of nitrogens with zero attached hydrogens (tertiary/aromatic N) is 3. The van der Waals surface area contributed by atoms with Crippen molar-refractivity contribution in [2.24, 2.45) is 5.10 Å². The molecule has 31 heavy (non-hydrogen) atoms. The normalized spacial score (nSPS) is 16.5. The van der Waals surface area contributed by atoms with Crippen LogP contribution in [0.1, 0.15) is 36.1 Å². The van der Waals surface area contributed by atoms with Crippen LogP contribution in [0.3, 0.4) is 0 Å². The average molecular weight is 412 g/mol. The van der Waals surface area contributed by atoms with Crippen molar-refractivity contribution in [2.75, 3.05) is 32.8 Å². The molecule has 0 radical (unpaired) electrons. The quantitative estimate of drug-likeness (QED) is 0.522. The van der Waals surface area contributed by atoms with Crippen molar-refractivity contribution in [3.05, 3.63) is 89.5 Å². The van der Waals surface area contributed by atoms with E-state index in [4.69, 9.17) is 9.84 Å². The first-order chi connectivity index (χ1) is 15.3. The van der Waals surface area contributed by atoms with E-state index >= 15 is 0 Å². The molecule has 4 heteroatoms. The summed E-state index contributed by atoms with van der Waals surface area (Å²) < 4.78 is 5.65. The molecule has 0 atom stereocenters. The first-order valence-corrected chi connectivity index (χ1v) is 11.3. The van der Waals surface area contributed by atoms with Crippen molar-refractivity contribution in [1.82, 2.24) is 9.91 Å². The third-order valence-electron chi connectivity index (χ3n) is 6.18. The zero-order chi connectivity index (χ0) is 21.0. The smallest absolute Gasteiger partial charge is 0.119 e. The van der Waals surface area contributed by atoms with Crippen molar-refractivity contribution >= 4 is 6.21 Å². The van der Waals surface area contributed by atoms with Gasteiger partial charge in [0.2, 0.25) is 0 Å². The fraction of sp³-hybridized carbons (Fsp3) is 0.296. The Morgan fingerprint density at radius 2 is 1.45 bits per heavy atom. The molecule has 1 heterocycles. The highest BCUT2D eigenvalue weighted by Gasteiger charge is 2.33. The highest BCUT2D eigenvalue weighted by molar-refractivity contribution is 5.79. The molecule has 0 N–H and O–H groups in total. The number of piperazine rings is 1. The molecular weight excluding hydrogens is 382 g/mol. The van der Waals surface area contributed by atoms with Gasteiger partial charge in [0.15, 0.2) is 0 Å². The van der Waals surface area contributed by atoms with Gasteiger partial charge >= 0.3 is 0 Å². The standard InChI is InChI=1S/C27H29N3O/c1-2-19-31-22-13-11-21(12-14-22)20-28-30-17-15-29(16-18-30)27-25-9-5-3-7-23(25)24-8-4-6-10-26(24)27/h3-14,20,27H,2,15-19H2,1H3/b28-20+. The fourth-order valence-corrected chi connectivity index (χ4v) is 4.63. The molecule has 0 unspecified atom stereocenters. The molecule has 0 saturated carbocycles. The van der Waals surface area contributed by atoms with E-state index in [1.165, 1.54) is 22.3 Å². The molecule has 3 aromatic carbocycles. The van der Waals surface area contributed by atoms with E-state index in [0.717, 1.165) is 50.5 Å². The molecule has 1 aliphatic heterocycles. The van der Waals surface area contributed by atoms with E-state index < -0.39 is 0 Å². The van der Waals surface area contributed by atoms with Crippen LogP contribution >= 0.6 is 0 Å². The summed E-state index contributed by atoms with van der Waals surface area (Å²) >= 11 is 0. The van der Waals surface area contributed by atoms with Gasteiger partial charge < -0.3 is 4.74 Å². The molecule has 1 aliphatic carbocycles. The van der Waals surface area contributed by atoms with Crippen molar-refractivity contribution < 1.29 is 4.74 Å². The number of hydrazone groups is 1. The van der Waals surface area contributed by atoms with Gasteiger partial charge in [-0.2, -0.15) is 5.10 Å². The Kier molecular flexibility index (Phi) is 5.72. The van der Waals surface area contributed by atoms with Crippen LogP contribution in [0.2, 0.25) is 0 Å². The Hall–Kier alpha value is -3.11. The maximum absolute atomic E-state index is 5.65. The minimum Gasteiger partial charge on any atom is -0.494 e. The summed E-state index contributed by atoms with van der Waals surface area (Å²) in [6.45, 7) is 6.77. The number of hydrogen-bond acceptors (Lipinski definition) is 4. The van der Waals surface area contributed by atoms with Gasteiger partial charge in [0.05, 0.1) is 18.9 Å². The maximum atomic E-state index is 5.65. The molecule has 3 aromatic rings.